The van der Waals surface area contributed by atoms with Gasteiger partial charge in [0, 0.05) is 6.42 Å². The predicted molar refractivity (Wildman–Crippen MR) is 50.2 cm³/mol. The van der Waals surface area contributed by atoms with E-state index in [2.05, 4.69) is 0 Å². The minimum atomic E-state index is -0.470. The van der Waals surface area contributed by atoms with Crippen molar-refractivity contribution < 1.29 is 9.18 Å². The third-order valence-electron chi connectivity index (χ3n) is 1.61. The van der Waals surface area contributed by atoms with E-state index in [4.69, 9.17) is 17.3 Å². The molecule has 0 aliphatic heterocycles. The lowest BCUT2D eigenvalue weighted by Crippen LogP contribution is -2.04. The summed E-state index contributed by atoms with van der Waals surface area (Å²) in [6, 6.07) is 4.21. The molecule has 13 heavy (non-hydrogen) atoms. The highest BCUT2D eigenvalue weighted by Gasteiger charge is 2.04. The molecule has 1 rings (SSSR count). The van der Waals surface area contributed by atoms with Gasteiger partial charge < -0.3 is 5.73 Å². The van der Waals surface area contributed by atoms with E-state index in [1.807, 2.05) is 0 Å². The van der Waals surface area contributed by atoms with Crippen LogP contribution >= 0.6 is 11.6 Å². The molecule has 0 saturated heterocycles. The number of carbonyl (C=O) groups is 1. The molecule has 70 valence electrons. The van der Waals surface area contributed by atoms with Gasteiger partial charge >= 0.3 is 0 Å². The number of alkyl halides is 1. The Bertz CT molecular complexity index is 327. The standard InChI is InChI=1S/C9H9ClFNO/c10-5-7(13)3-6-1-2-8(11)9(12)4-6/h1-2,4H,3,5,12H2. The first-order valence-corrected chi connectivity index (χ1v) is 4.28. The van der Waals surface area contributed by atoms with Gasteiger partial charge in [-0.2, -0.15) is 0 Å². The minimum Gasteiger partial charge on any atom is -0.396 e. The van der Waals surface area contributed by atoms with Gasteiger partial charge in [0.05, 0.1) is 11.6 Å². The van der Waals surface area contributed by atoms with E-state index in [1.165, 1.54) is 18.2 Å². The molecular weight excluding hydrogens is 193 g/mol. The van der Waals surface area contributed by atoms with Crippen LogP contribution in [0.4, 0.5) is 10.1 Å². The van der Waals surface area contributed by atoms with Crippen LogP contribution < -0.4 is 5.73 Å². The van der Waals surface area contributed by atoms with Gasteiger partial charge in [-0.25, -0.2) is 4.39 Å². The molecule has 2 nitrogen and oxygen atoms in total. The molecule has 0 bridgehead atoms. The van der Waals surface area contributed by atoms with Gasteiger partial charge in [-0.1, -0.05) is 6.07 Å². The summed E-state index contributed by atoms with van der Waals surface area (Å²) in [7, 11) is 0. The number of hydrogen-bond donors (Lipinski definition) is 1. The summed E-state index contributed by atoms with van der Waals surface area (Å²) in [4.78, 5) is 10.9. The van der Waals surface area contributed by atoms with E-state index in [-0.39, 0.29) is 23.8 Å². The van der Waals surface area contributed by atoms with Crippen molar-refractivity contribution in [1.29, 1.82) is 0 Å². The fourth-order valence-corrected chi connectivity index (χ4v) is 1.07. The van der Waals surface area contributed by atoms with Crippen LogP contribution in [0.3, 0.4) is 0 Å². The van der Waals surface area contributed by atoms with Crippen LogP contribution in [-0.2, 0) is 11.2 Å². The Hall–Kier alpha value is -1.09. The molecule has 0 atom stereocenters. The average Bonchev–Trinajstić information content (AvgIpc) is 2.11. The summed E-state index contributed by atoms with van der Waals surface area (Å²) in [6.07, 6.45) is 0.202. The van der Waals surface area contributed by atoms with Gasteiger partial charge in [-0.05, 0) is 17.7 Å². The second kappa shape index (κ2) is 4.23. The van der Waals surface area contributed by atoms with Crippen LogP contribution in [0.15, 0.2) is 18.2 Å². The minimum absolute atomic E-state index is 0.0305. The van der Waals surface area contributed by atoms with Crippen molar-refractivity contribution in [3.63, 3.8) is 0 Å². The highest BCUT2D eigenvalue weighted by atomic mass is 35.5. The summed E-state index contributed by atoms with van der Waals surface area (Å²) in [5.41, 5.74) is 6.06. The molecule has 0 unspecified atom stereocenters. The van der Waals surface area contributed by atoms with Crippen molar-refractivity contribution in [3.05, 3.63) is 29.6 Å². The number of hydrogen-bond acceptors (Lipinski definition) is 2. The first-order chi connectivity index (χ1) is 6.13. The molecule has 0 aliphatic rings. The van der Waals surface area contributed by atoms with Crippen molar-refractivity contribution in [2.75, 3.05) is 11.6 Å². The number of nitrogens with two attached hydrogens (primary N) is 1. The van der Waals surface area contributed by atoms with Gasteiger partial charge in [0.15, 0.2) is 5.78 Å². The molecule has 1 aromatic rings. The first kappa shape index (κ1) is 9.99. The van der Waals surface area contributed by atoms with Crippen LogP contribution in [0.5, 0.6) is 0 Å². The van der Waals surface area contributed by atoms with E-state index in [0.717, 1.165) is 0 Å². The highest BCUT2D eigenvalue weighted by Crippen LogP contribution is 2.12. The van der Waals surface area contributed by atoms with Crippen LogP contribution in [0, 0.1) is 5.82 Å². The van der Waals surface area contributed by atoms with Crippen molar-refractivity contribution in [2.45, 2.75) is 6.42 Å². The van der Waals surface area contributed by atoms with Gasteiger partial charge in [0.25, 0.3) is 0 Å². The maximum atomic E-state index is 12.7. The largest absolute Gasteiger partial charge is 0.396 e. The van der Waals surface area contributed by atoms with Crippen LogP contribution in [-0.4, -0.2) is 11.7 Å². The number of carbonyl (C=O) groups excluding carboxylic acids is 1. The number of anilines is 1. The summed E-state index contributed by atoms with van der Waals surface area (Å²) >= 11 is 5.32. The van der Waals surface area contributed by atoms with Crippen molar-refractivity contribution in [1.82, 2.24) is 0 Å². The Morgan fingerprint density at radius 3 is 2.77 bits per heavy atom. The zero-order chi connectivity index (χ0) is 9.84. The molecule has 0 radical (unpaired) electrons. The number of benzene rings is 1. The number of halogens is 2. The van der Waals surface area contributed by atoms with Crippen molar-refractivity contribution in [2.24, 2.45) is 0 Å². The monoisotopic (exact) mass is 201 g/mol. The van der Waals surface area contributed by atoms with Crippen LogP contribution in [0.1, 0.15) is 5.56 Å². The molecule has 0 spiro atoms. The third kappa shape index (κ3) is 2.70. The SMILES string of the molecule is Nc1cc(CC(=O)CCl)ccc1F. The van der Waals surface area contributed by atoms with Gasteiger partial charge in [0.1, 0.15) is 5.82 Å². The lowest BCUT2D eigenvalue weighted by molar-refractivity contribution is -0.116. The Morgan fingerprint density at radius 1 is 1.54 bits per heavy atom. The van der Waals surface area contributed by atoms with Crippen LogP contribution in [0.2, 0.25) is 0 Å². The first-order valence-electron chi connectivity index (χ1n) is 3.75. The maximum Gasteiger partial charge on any atom is 0.151 e. The smallest absolute Gasteiger partial charge is 0.151 e. The van der Waals surface area contributed by atoms with E-state index < -0.39 is 5.82 Å². The predicted octanol–water partition coefficient (Wildman–Crippen LogP) is 1.76. The molecule has 2 N–H and O–H groups in total. The van der Waals surface area contributed by atoms with Crippen molar-refractivity contribution in [3.8, 4) is 0 Å². The molecule has 0 fully saturated rings. The molecule has 0 aliphatic carbocycles. The molecular formula is C9H9ClFNO. The Kier molecular flexibility index (Phi) is 3.25. The van der Waals surface area contributed by atoms with Gasteiger partial charge in [-0.15, -0.1) is 11.6 Å². The quantitative estimate of drug-likeness (QED) is 0.598. The Balaban J connectivity index is 2.79. The Labute approximate surface area is 80.5 Å². The second-order valence-corrected chi connectivity index (χ2v) is 2.97. The normalized spacial score (nSPS) is 10.0. The second-order valence-electron chi connectivity index (χ2n) is 2.70. The van der Waals surface area contributed by atoms with Gasteiger partial charge in [-0.3, -0.25) is 4.79 Å². The number of rotatable bonds is 3. The Morgan fingerprint density at radius 2 is 2.23 bits per heavy atom. The van der Waals surface area contributed by atoms with Gasteiger partial charge in [0.2, 0.25) is 0 Å². The number of nitrogen functional groups attached to an aromatic ring is 1. The molecule has 0 aromatic heterocycles. The maximum absolute atomic E-state index is 12.7. The number of Topliss-reactive ketones (excluding diaryl/α,β-unsaturated/α-hetero) is 1. The lowest BCUT2D eigenvalue weighted by Gasteiger charge is -2.00. The topological polar surface area (TPSA) is 43.1 Å². The van der Waals surface area contributed by atoms with E-state index in [0.29, 0.717) is 5.56 Å². The molecule has 1 aromatic carbocycles. The number of ketones is 1. The zero-order valence-corrected chi connectivity index (χ0v) is 7.64. The third-order valence-corrected chi connectivity index (χ3v) is 1.91. The lowest BCUT2D eigenvalue weighted by atomic mass is 10.1. The zero-order valence-electron chi connectivity index (χ0n) is 6.89. The average molecular weight is 202 g/mol. The molecule has 0 amide bonds. The molecule has 0 heterocycles. The molecule has 4 heteroatoms. The summed E-state index contributed by atoms with van der Waals surface area (Å²) < 4.78 is 12.7. The fourth-order valence-electron chi connectivity index (χ4n) is 0.978. The summed E-state index contributed by atoms with van der Waals surface area (Å²) in [5, 5.41) is 0. The molecule has 0 saturated carbocycles. The summed E-state index contributed by atoms with van der Waals surface area (Å²) in [6.45, 7) is 0. The van der Waals surface area contributed by atoms with Crippen LogP contribution in [0.25, 0.3) is 0 Å². The highest BCUT2D eigenvalue weighted by molar-refractivity contribution is 6.27. The fraction of sp³-hybridized carbons (Fsp3) is 0.222. The van der Waals surface area contributed by atoms with Crippen molar-refractivity contribution >= 4 is 23.1 Å². The van der Waals surface area contributed by atoms with E-state index in [9.17, 15) is 9.18 Å². The van der Waals surface area contributed by atoms with E-state index >= 15 is 0 Å². The van der Waals surface area contributed by atoms with E-state index in [1.54, 1.807) is 0 Å². The summed E-state index contributed by atoms with van der Waals surface area (Å²) in [5.74, 6) is -0.605.